The van der Waals surface area contributed by atoms with Crippen molar-refractivity contribution in [2.75, 3.05) is 6.54 Å². The van der Waals surface area contributed by atoms with E-state index in [1.807, 2.05) is 0 Å². The van der Waals surface area contributed by atoms with Crippen molar-refractivity contribution in [1.82, 2.24) is 9.29 Å². The standard InChI is InChI=1S/C12H18N2O4S/c1-8(2)14-7-10(5-11(14)12(15)16)19(17,18)13-6-9-3-4-9/h5,7-9,13H,3-4,6H2,1-2H3,(H,15,16). The first-order valence-electron chi connectivity index (χ1n) is 6.26. The van der Waals surface area contributed by atoms with Crippen molar-refractivity contribution in [2.45, 2.75) is 37.6 Å². The Balaban J connectivity index is 2.28. The highest BCUT2D eigenvalue weighted by molar-refractivity contribution is 7.89. The maximum absolute atomic E-state index is 12.1. The van der Waals surface area contributed by atoms with Crippen LogP contribution in [0.15, 0.2) is 17.2 Å². The Morgan fingerprint density at radius 1 is 1.53 bits per heavy atom. The average Bonchev–Trinajstić information content (AvgIpc) is 3.01. The first-order valence-corrected chi connectivity index (χ1v) is 7.74. The largest absolute Gasteiger partial charge is 0.477 e. The van der Waals surface area contributed by atoms with Crippen LogP contribution in [-0.4, -0.2) is 30.6 Å². The van der Waals surface area contributed by atoms with Gasteiger partial charge in [0, 0.05) is 18.8 Å². The summed E-state index contributed by atoms with van der Waals surface area (Å²) in [6.07, 6.45) is 3.48. The van der Waals surface area contributed by atoms with Crippen LogP contribution in [0.5, 0.6) is 0 Å². The van der Waals surface area contributed by atoms with E-state index < -0.39 is 16.0 Å². The van der Waals surface area contributed by atoms with Gasteiger partial charge in [-0.05, 0) is 38.7 Å². The Kier molecular flexibility index (Phi) is 3.69. The number of carboxylic acids is 1. The predicted molar refractivity (Wildman–Crippen MR) is 69.7 cm³/mol. The fourth-order valence-electron chi connectivity index (χ4n) is 1.83. The molecule has 1 aromatic heterocycles. The molecule has 6 nitrogen and oxygen atoms in total. The van der Waals surface area contributed by atoms with Crippen molar-refractivity contribution in [3.05, 3.63) is 18.0 Å². The maximum Gasteiger partial charge on any atom is 0.352 e. The number of carboxylic acid groups (broad SMARTS) is 1. The van der Waals surface area contributed by atoms with Gasteiger partial charge in [0.25, 0.3) is 0 Å². The first-order chi connectivity index (χ1) is 8.81. The molecular weight excluding hydrogens is 268 g/mol. The number of carbonyl (C=O) groups is 1. The Labute approximate surface area is 112 Å². The summed E-state index contributed by atoms with van der Waals surface area (Å²) in [6.45, 7) is 4.04. The lowest BCUT2D eigenvalue weighted by Crippen LogP contribution is -2.25. The van der Waals surface area contributed by atoms with Crippen molar-refractivity contribution in [1.29, 1.82) is 0 Å². The molecule has 0 radical (unpaired) electrons. The van der Waals surface area contributed by atoms with Gasteiger partial charge in [-0.2, -0.15) is 0 Å². The lowest BCUT2D eigenvalue weighted by Gasteiger charge is -2.09. The zero-order chi connectivity index (χ0) is 14.2. The third kappa shape index (κ3) is 3.16. The van der Waals surface area contributed by atoms with Crippen LogP contribution < -0.4 is 4.72 Å². The van der Waals surface area contributed by atoms with Gasteiger partial charge in [-0.25, -0.2) is 17.9 Å². The molecule has 0 amide bonds. The summed E-state index contributed by atoms with van der Waals surface area (Å²) in [6, 6.07) is 1.09. The van der Waals surface area contributed by atoms with Gasteiger partial charge >= 0.3 is 5.97 Å². The molecule has 1 aliphatic carbocycles. The molecule has 0 bridgehead atoms. The first kappa shape index (κ1) is 14.1. The van der Waals surface area contributed by atoms with Gasteiger partial charge in [0.05, 0.1) is 0 Å². The van der Waals surface area contributed by atoms with Gasteiger partial charge in [0.1, 0.15) is 10.6 Å². The Morgan fingerprint density at radius 2 is 2.16 bits per heavy atom. The van der Waals surface area contributed by atoms with Crippen LogP contribution in [0, 0.1) is 5.92 Å². The molecule has 0 aromatic carbocycles. The normalized spacial score (nSPS) is 15.9. The third-order valence-electron chi connectivity index (χ3n) is 3.17. The molecule has 0 atom stereocenters. The highest BCUT2D eigenvalue weighted by Gasteiger charge is 2.26. The van der Waals surface area contributed by atoms with Crippen molar-refractivity contribution in [2.24, 2.45) is 5.92 Å². The lowest BCUT2D eigenvalue weighted by atomic mass is 10.3. The van der Waals surface area contributed by atoms with Crippen molar-refractivity contribution in [3.63, 3.8) is 0 Å². The minimum atomic E-state index is -3.62. The number of hydrogen-bond donors (Lipinski definition) is 2. The highest BCUT2D eigenvalue weighted by Crippen LogP contribution is 2.28. The van der Waals surface area contributed by atoms with Crippen LogP contribution in [0.1, 0.15) is 43.2 Å². The number of sulfonamides is 1. The Morgan fingerprint density at radius 3 is 2.58 bits per heavy atom. The topological polar surface area (TPSA) is 88.4 Å². The molecule has 0 aliphatic heterocycles. The quantitative estimate of drug-likeness (QED) is 0.828. The summed E-state index contributed by atoms with van der Waals surface area (Å²) < 4.78 is 28.1. The molecule has 1 heterocycles. The SMILES string of the molecule is CC(C)n1cc(S(=O)(=O)NCC2CC2)cc1C(=O)O. The number of aromatic nitrogens is 1. The van der Waals surface area contributed by atoms with Crippen LogP contribution in [-0.2, 0) is 10.0 Å². The average molecular weight is 286 g/mol. The zero-order valence-electron chi connectivity index (χ0n) is 11.0. The van der Waals surface area contributed by atoms with E-state index in [2.05, 4.69) is 4.72 Å². The summed E-state index contributed by atoms with van der Waals surface area (Å²) >= 11 is 0. The van der Waals surface area contributed by atoms with E-state index in [0.29, 0.717) is 12.5 Å². The molecule has 19 heavy (non-hydrogen) atoms. The van der Waals surface area contributed by atoms with E-state index in [1.165, 1.54) is 16.8 Å². The zero-order valence-corrected chi connectivity index (χ0v) is 11.8. The highest BCUT2D eigenvalue weighted by atomic mass is 32.2. The maximum atomic E-state index is 12.1. The van der Waals surface area contributed by atoms with Gasteiger partial charge in [0.15, 0.2) is 0 Å². The molecule has 1 aliphatic rings. The number of nitrogens with zero attached hydrogens (tertiary/aromatic N) is 1. The van der Waals surface area contributed by atoms with Crippen LogP contribution in [0.25, 0.3) is 0 Å². The van der Waals surface area contributed by atoms with E-state index >= 15 is 0 Å². The van der Waals surface area contributed by atoms with Crippen molar-refractivity contribution >= 4 is 16.0 Å². The Bertz CT molecular complexity index is 585. The minimum Gasteiger partial charge on any atom is -0.477 e. The summed E-state index contributed by atoms with van der Waals surface area (Å²) in [7, 11) is -3.62. The van der Waals surface area contributed by atoms with Crippen LogP contribution in [0.4, 0.5) is 0 Å². The van der Waals surface area contributed by atoms with Crippen LogP contribution >= 0.6 is 0 Å². The molecular formula is C12H18N2O4S. The van der Waals surface area contributed by atoms with Gasteiger partial charge in [-0.15, -0.1) is 0 Å². The summed E-state index contributed by atoms with van der Waals surface area (Å²) in [5.41, 5.74) is -0.0122. The van der Waals surface area contributed by atoms with Gasteiger partial charge in [0.2, 0.25) is 10.0 Å². The van der Waals surface area contributed by atoms with Gasteiger partial charge in [-0.3, -0.25) is 0 Å². The van der Waals surface area contributed by atoms with Gasteiger partial charge in [-0.1, -0.05) is 0 Å². The fraction of sp³-hybridized carbons (Fsp3) is 0.583. The van der Waals surface area contributed by atoms with Crippen LogP contribution in [0.3, 0.4) is 0 Å². The molecule has 1 saturated carbocycles. The van der Waals surface area contributed by atoms with E-state index in [-0.39, 0.29) is 16.6 Å². The summed E-state index contributed by atoms with van der Waals surface area (Å²) in [4.78, 5) is 11.1. The van der Waals surface area contributed by atoms with Gasteiger partial charge < -0.3 is 9.67 Å². The Hall–Kier alpha value is -1.34. The molecule has 0 unspecified atom stereocenters. The molecule has 106 valence electrons. The van der Waals surface area contributed by atoms with Crippen molar-refractivity contribution < 1.29 is 18.3 Å². The van der Waals surface area contributed by atoms with E-state index in [9.17, 15) is 13.2 Å². The second-order valence-corrected chi connectivity index (χ2v) is 6.93. The monoisotopic (exact) mass is 286 g/mol. The smallest absolute Gasteiger partial charge is 0.352 e. The summed E-state index contributed by atoms with van der Waals surface area (Å²) in [5, 5.41) is 9.09. The molecule has 1 aromatic rings. The molecule has 0 spiro atoms. The minimum absolute atomic E-state index is 0.0122. The number of hydrogen-bond acceptors (Lipinski definition) is 3. The number of aromatic carboxylic acids is 1. The predicted octanol–water partition coefficient (Wildman–Crippen LogP) is 1.46. The fourth-order valence-corrected chi connectivity index (χ4v) is 2.97. The second-order valence-electron chi connectivity index (χ2n) is 5.16. The van der Waals surface area contributed by atoms with Crippen molar-refractivity contribution in [3.8, 4) is 0 Å². The third-order valence-corrected chi connectivity index (χ3v) is 4.56. The van der Waals surface area contributed by atoms with Crippen LogP contribution in [0.2, 0.25) is 0 Å². The number of rotatable bonds is 6. The molecule has 0 saturated heterocycles. The van der Waals surface area contributed by atoms with E-state index in [4.69, 9.17) is 5.11 Å². The molecule has 7 heteroatoms. The van der Waals surface area contributed by atoms with E-state index in [1.54, 1.807) is 13.8 Å². The molecule has 2 rings (SSSR count). The van der Waals surface area contributed by atoms with E-state index in [0.717, 1.165) is 12.8 Å². The number of nitrogens with one attached hydrogen (secondary N) is 1. The second kappa shape index (κ2) is 4.97. The summed E-state index contributed by atoms with van der Waals surface area (Å²) in [5.74, 6) is -0.696. The molecule has 1 fully saturated rings. The lowest BCUT2D eigenvalue weighted by molar-refractivity contribution is 0.0683. The molecule has 2 N–H and O–H groups in total.